The van der Waals surface area contributed by atoms with E-state index in [-0.39, 0.29) is 12.4 Å². The molecule has 4 nitrogen and oxygen atoms in total. The smallest absolute Gasteiger partial charge is 0.364 e. The van der Waals surface area contributed by atoms with Gasteiger partial charge in [0, 0.05) is 18.7 Å². The highest BCUT2D eigenvalue weighted by Gasteiger charge is 2.27. The Balaban J connectivity index is 2.31. The molecular weight excluding hydrogens is 237 g/mol. The molecule has 0 saturated heterocycles. The van der Waals surface area contributed by atoms with E-state index in [1.807, 2.05) is 13.8 Å². The van der Waals surface area contributed by atoms with Crippen LogP contribution in [0.5, 0.6) is 0 Å². The fraction of sp³-hybridized carbons (Fsp3) is 0.700. The monoisotopic (exact) mass is 252 g/mol. The van der Waals surface area contributed by atoms with E-state index in [9.17, 15) is 13.2 Å². The molecule has 1 heterocycles. The standard InChI is InChI=1S/C10H15F3N2O2/c1-7(2)14-4-8-3-9(17-15-8)5-16-6-10(11,12)13/h3,7,14H,4-6H2,1-2H3. The third-order valence-corrected chi connectivity index (χ3v) is 1.81. The summed E-state index contributed by atoms with van der Waals surface area (Å²) in [5.74, 6) is 0.287. The molecule has 0 unspecified atom stereocenters. The van der Waals surface area contributed by atoms with Crippen LogP contribution >= 0.6 is 0 Å². The zero-order valence-electron chi connectivity index (χ0n) is 9.67. The van der Waals surface area contributed by atoms with Gasteiger partial charge >= 0.3 is 6.18 Å². The summed E-state index contributed by atoms with van der Waals surface area (Å²) in [5.41, 5.74) is 0.643. The summed E-state index contributed by atoms with van der Waals surface area (Å²) in [7, 11) is 0. The Bertz CT molecular complexity index is 337. The van der Waals surface area contributed by atoms with E-state index in [1.165, 1.54) is 0 Å². The van der Waals surface area contributed by atoms with Gasteiger partial charge in [0.05, 0.1) is 5.69 Å². The molecule has 17 heavy (non-hydrogen) atoms. The van der Waals surface area contributed by atoms with Crippen LogP contribution in [0, 0.1) is 0 Å². The third-order valence-electron chi connectivity index (χ3n) is 1.81. The highest BCUT2D eigenvalue weighted by molar-refractivity contribution is 5.04. The maximum Gasteiger partial charge on any atom is 0.411 e. The molecule has 0 atom stereocenters. The molecule has 1 aromatic rings. The predicted molar refractivity (Wildman–Crippen MR) is 54.2 cm³/mol. The van der Waals surface area contributed by atoms with Gasteiger partial charge in [0.25, 0.3) is 0 Å². The number of nitrogens with one attached hydrogen (secondary N) is 1. The number of alkyl halides is 3. The first-order valence-corrected chi connectivity index (χ1v) is 5.19. The summed E-state index contributed by atoms with van der Waals surface area (Å²) in [4.78, 5) is 0. The van der Waals surface area contributed by atoms with Crippen LogP contribution in [0.3, 0.4) is 0 Å². The van der Waals surface area contributed by atoms with Gasteiger partial charge in [-0.05, 0) is 0 Å². The van der Waals surface area contributed by atoms with Crippen LogP contribution in [-0.4, -0.2) is 24.0 Å². The molecule has 0 bridgehead atoms. The van der Waals surface area contributed by atoms with Crippen LogP contribution in [0.15, 0.2) is 10.6 Å². The first-order chi connectivity index (χ1) is 7.87. The minimum absolute atomic E-state index is 0.228. The van der Waals surface area contributed by atoms with Crippen molar-refractivity contribution in [2.75, 3.05) is 6.61 Å². The Hall–Kier alpha value is -1.08. The predicted octanol–water partition coefficient (Wildman–Crippen LogP) is 2.25. The van der Waals surface area contributed by atoms with Gasteiger partial charge in [-0.2, -0.15) is 13.2 Å². The van der Waals surface area contributed by atoms with Crippen LogP contribution in [0.1, 0.15) is 25.3 Å². The number of hydrogen-bond donors (Lipinski definition) is 1. The number of halogens is 3. The molecule has 0 spiro atoms. The third kappa shape index (κ3) is 6.28. The molecule has 1 N–H and O–H groups in total. The fourth-order valence-corrected chi connectivity index (χ4v) is 1.08. The summed E-state index contributed by atoms with van der Waals surface area (Å²) in [5, 5.41) is 6.82. The van der Waals surface area contributed by atoms with Crippen molar-refractivity contribution in [3.63, 3.8) is 0 Å². The van der Waals surface area contributed by atoms with E-state index < -0.39 is 12.8 Å². The zero-order valence-corrected chi connectivity index (χ0v) is 9.67. The second-order valence-corrected chi connectivity index (χ2v) is 3.93. The Kier molecular flexibility index (Phi) is 4.95. The average molecular weight is 252 g/mol. The molecule has 0 aliphatic carbocycles. The molecule has 0 aliphatic heterocycles. The van der Waals surface area contributed by atoms with E-state index in [2.05, 4.69) is 15.2 Å². The largest absolute Gasteiger partial charge is 0.411 e. The second kappa shape index (κ2) is 6.02. The normalized spacial score (nSPS) is 12.4. The quantitative estimate of drug-likeness (QED) is 0.843. The maximum atomic E-state index is 11.8. The number of nitrogens with zero attached hydrogens (tertiary/aromatic N) is 1. The van der Waals surface area contributed by atoms with Gasteiger partial charge in [-0.15, -0.1) is 0 Å². The van der Waals surface area contributed by atoms with Crippen molar-refractivity contribution in [2.24, 2.45) is 0 Å². The summed E-state index contributed by atoms with van der Waals surface area (Å²) in [6.45, 7) is 2.96. The molecule has 1 rings (SSSR count). The van der Waals surface area contributed by atoms with Crippen molar-refractivity contribution in [1.29, 1.82) is 0 Å². The molecule has 0 fully saturated rings. The molecular formula is C10H15F3N2O2. The van der Waals surface area contributed by atoms with Crippen molar-refractivity contribution >= 4 is 0 Å². The van der Waals surface area contributed by atoms with Crippen LogP contribution in [0.4, 0.5) is 13.2 Å². The SMILES string of the molecule is CC(C)NCc1cc(COCC(F)(F)F)on1. The number of aromatic nitrogens is 1. The van der Waals surface area contributed by atoms with Gasteiger partial charge < -0.3 is 14.6 Å². The first-order valence-electron chi connectivity index (χ1n) is 5.19. The Labute approximate surface area is 97.1 Å². The fourth-order valence-electron chi connectivity index (χ4n) is 1.08. The minimum atomic E-state index is -4.32. The number of rotatable bonds is 6. The minimum Gasteiger partial charge on any atom is -0.364 e. The number of hydrogen-bond acceptors (Lipinski definition) is 4. The van der Waals surface area contributed by atoms with Gasteiger partial charge in [-0.25, -0.2) is 0 Å². The van der Waals surface area contributed by atoms with Crippen molar-refractivity contribution in [3.05, 3.63) is 17.5 Å². The van der Waals surface area contributed by atoms with E-state index in [4.69, 9.17) is 4.52 Å². The van der Waals surface area contributed by atoms with Crippen molar-refractivity contribution < 1.29 is 22.4 Å². The lowest BCUT2D eigenvalue weighted by Gasteiger charge is -2.05. The van der Waals surface area contributed by atoms with Gasteiger partial charge in [0.15, 0.2) is 5.76 Å². The summed E-state index contributed by atoms with van der Waals surface area (Å²) in [6, 6.07) is 1.88. The van der Waals surface area contributed by atoms with Crippen LogP contribution in [-0.2, 0) is 17.9 Å². The van der Waals surface area contributed by atoms with E-state index in [1.54, 1.807) is 6.07 Å². The summed E-state index contributed by atoms with van der Waals surface area (Å²) < 4.78 is 44.6. The molecule has 0 saturated carbocycles. The van der Waals surface area contributed by atoms with E-state index >= 15 is 0 Å². The van der Waals surface area contributed by atoms with Crippen molar-refractivity contribution in [1.82, 2.24) is 10.5 Å². The molecule has 0 radical (unpaired) electrons. The highest BCUT2D eigenvalue weighted by atomic mass is 19.4. The zero-order chi connectivity index (χ0) is 12.9. The Morgan fingerprint density at radius 3 is 2.76 bits per heavy atom. The van der Waals surface area contributed by atoms with Gasteiger partial charge in [0.2, 0.25) is 0 Å². The van der Waals surface area contributed by atoms with Crippen molar-refractivity contribution in [3.8, 4) is 0 Å². The molecule has 0 aliphatic rings. The molecule has 7 heteroatoms. The Morgan fingerprint density at radius 2 is 2.18 bits per heavy atom. The molecule has 0 amide bonds. The average Bonchev–Trinajstić information content (AvgIpc) is 2.61. The van der Waals surface area contributed by atoms with E-state index in [0.717, 1.165) is 0 Å². The van der Waals surface area contributed by atoms with Crippen molar-refractivity contribution in [2.45, 2.75) is 39.2 Å². The molecule has 0 aromatic carbocycles. The summed E-state index contributed by atoms with van der Waals surface area (Å²) >= 11 is 0. The van der Waals surface area contributed by atoms with Gasteiger partial charge in [0.1, 0.15) is 13.2 Å². The topological polar surface area (TPSA) is 47.3 Å². The maximum absolute atomic E-state index is 11.8. The lowest BCUT2D eigenvalue weighted by atomic mass is 10.3. The van der Waals surface area contributed by atoms with Crippen LogP contribution < -0.4 is 5.32 Å². The van der Waals surface area contributed by atoms with Gasteiger partial charge in [-0.3, -0.25) is 0 Å². The van der Waals surface area contributed by atoms with Crippen LogP contribution in [0.25, 0.3) is 0 Å². The second-order valence-electron chi connectivity index (χ2n) is 3.93. The Morgan fingerprint density at radius 1 is 1.47 bits per heavy atom. The summed E-state index contributed by atoms with van der Waals surface area (Å²) in [6.07, 6.45) is -4.32. The lowest BCUT2D eigenvalue weighted by molar-refractivity contribution is -0.177. The first kappa shape index (κ1) is 14.0. The number of ether oxygens (including phenoxy) is 1. The molecule has 98 valence electrons. The molecule has 1 aromatic heterocycles. The lowest BCUT2D eigenvalue weighted by Crippen LogP contribution is -2.21. The van der Waals surface area contributed by atoms with Gasteiger partial charge in [-0.1, -0.05) is 19.0 Å². The van der Waals surface area contributed by atoms with E-state index in [0.29, 0.717) is 18.3 Å². The van der Waals surface area contributed by atoms with Crippen LogP contribution in [0.2, 0.25) is 0 Å². The highest BCUT2D eigenvalue weighted by Crippen LogP contribution is 2.15.